The summed E-state index contributed by atoms with van der Waals surface area (Å²) in [5.41, 5.74) is 8.17. The van der Waals surface area contributed by atoms with E-state index in [9.17, 15) is 8.78 Å². The molecule has 0 spiro atoms. The Morgan fingerprint density at radius 3 is 2.43 bits per heavy atom. The molecule has 0 heterocycles. The summed E-state index contributed by atoms with van der Waals surface area (Å²) in [5, 5.41) is 3.21. The van der Waals surface area contributed by atoms with Crippen LogP contribution in [0.3, 0.4) is 0 Å². The van der Waals surface area contributed by atoms with E-state index in [1.807, 2.05) is 18.2 Å². The quantitative estimate of drug-likeness (QED) is 0.793. The zero-order chi connectivity index (χ0) is 16.9. The lowest BCUT2D eigenvalue weighted by atomic mass is 9.95. The Labute approximate surface area is 136 Å². The first-order chi connectivity index (χ1) is 10.9. The topological polar surface area (TPSA) is 38.0 Å². The van der Waals surface area contributed by atoms with Crippen molar-refractivity contribution in [3.63, 3.8) is 0 Å². The number of benzene rings is 2. The van der Waals surface area contributed by atoms with E-state index < -0.39 is 5.92 Å². The van der Waals surface area contributed by atoms with Crippen molar-refractivity contribution < 1.29 is 8.78 Å². The Balaban J connectivity index is 1.90. The largest absolute Gasteiger partial charge is 0.385 e. The summed E-state index contributed by atoms with van der Waals surface area (Å²) >= 11 is 0. The fourth-order valence-electron chi connectivity index (χ4n) is 2.42. The van der Waals surface area contributed by atoms with Gasteiger partial charge < -0.3 is 11.1 Å². The van der Waals surface area contributed by atoms with Crippen LogP contribution in [0.15, 0.2) is 54.6 Å². The highest BCUT2D eigenvalue weighted by Crippen LogP contribution is 2.28. The van der Waals surface area contributed by atoms with Crippen LogP contribution in [0.1, 0.15) is 25.0 Å². The van der Waals surface area contributed by atoms with Gasteiger partial charge in [0, 0.05) is 30.8 Å². The molecule has 0 amide bonds. The number of hydrogen-bond acceptors (Lipinski definition) is 2. The standard InChI is InChI=1S/C19H24F2N2/c1-14(18(22)11-15-7-4-3-5-8-15)13-23-17-10-6-9-16(12-17)19(2,20)21/h3-10,12,14,18,23H,11,13,22H2,1-2H3. The SMILES string of the molecule is CC(CNc1cccc(C(C)(F)F)c1)C(N)Cc1ccccc1. The Morgan fingerprint density at radius 2 is 1.78 bits per heavy atom. The van der Waals surface area contributed by atoms with E-state index in [1.165, 1.54) is 17.7 Å². The summed E-state index contributed by atoms with van der Waals surface area (Å²) in [7, 11) is 0. The van der Waals surface area contributed by atoms with Crippen LogP contribution in [-0.2, 0) is 12.3 Å². The van der Waals surface area contributed by atoms with Crippen molar-refractivity contribution in [1.82, 2.24) is 0 Å². The monoisotopic (exact) mass is 318 g/mol. The first-order valence-corrected chi connectivity index (χ1v) is 7.88. The van der Waals surface area contributed by atoms with Crippen molar-refractivity contribution in [2.24, 2.45) is 11.7 Å². The van der Waals surface area contributed by atoms with Gasteiger partial charge in [-0.05, 0) is 30.0 Å². The molecule has 2 aromatic rings. The number of nitrogens with two attached hydrogens (primary N) is 1. The number of alkyl halides is 2. The molecule has 0 fully saturated rings. The van der Waals surface area contributed by atoms with Crippen LogP contribution in [0.25, 0.3) is 0 Å². The fraction of sp³-hybridized carbons (Fsp3) is 0.368. The molecular formula is C19H24F2N2. The third-order valence-corrected chi connectivity index (χ3v) is 4.04. The van der Waals surface area contributed by atoms with Crippen LogP contribution in [0.4, 0.5) is 14.5 Å². The van der Waals surface area contributed by atoms with Gasteiger partial charge in [-0.2, -0.15) is 0 Å². The number of hydrogen-bond donors (Lipinski definition) is 2. The molecule has 0 aliphatic heterocycles. The first-order valence-electron chi connectivity index (χ1n) is 7.88. The van der Waals surface area contributed by atoms with Crippen LogP contribution in [-0.4, -0.2) is 12.6 Å². The first kappa shape index (κ1) is 17.4. The highest BCUT2D eigenvalue weighted by atomic mass is 19.3. The van der Waals surface area contributed by atoms with E-state index in [0.29, 0.717) is 12.2 Å². The zero-order valence-corrected chi connectivity index (χ0v) is 13.6. The Morgan fingerprint density at radius 1 is 1.09 bits per heavy atom. The minimum absolute atomic E-state index is 0.0145. The molecule has 0 radical (unpaired) electrons. The molecule has 2 aromatic carbocycles. The van der Waals surface area contributed by atoms with E-state index in [0.717, 1.165) is 13.3 Å². The molecule has 124 valence electrons. The van der Waals surface area contributed by atoms with Gasteiger partial charge in [0.25, 0.3) is 5.92 Å². The summed E-state index contributed by atoms with van der Waals surface area (Å²) in [6.07, 6.45) is 0.802. The summed E-state index contributed by atoms with van der Waals surface area (Å²) in [6, 6.07) is 16.5. The van der Waals surface area contributed by atoms with Gasteiger partial charge in [0.05, 0.1) is 0 Å². The molecule has 0 aliphatic carbocycles. The molecule has 0 aliphatic rings. The van der Waals surface area contributed by atoms with E-state index in [-0.39, 0.29) is 17.5 Å². The van der Waals surface area contributed by atoms with Crippen molar-refractivity contribution in [3.8, 4) is 0 Å². The number of nitrogens with one attached hydrogen (secondary N) is 1. The normalized spacial score (nSPS) is 14.3. The van der Waals surface area contributed by atoms with Crippen molar-refractivity contribution in [2.75, 3.05) is 11.9 Å². The van der Waals surface area contributed by atoms with Crippen LogP contribution >= 0.6 is 0 Å². The maximum atomic E-state index is 13.4. The highest BCUT2D eigenvalue weighted by Gasteiger charge is 2.24. The summed E-state index contributed by atoms with van der Waals surface area (Å²) in [5.74, 6) is -2.60. The Bertz CT molecular complexity index is 608. The van der Waals surface area contributed by atoms with E-state index >= 15 is 0 Å². The predicted molar refractivity (Wildman–Crippen MR) is 91.8 cm³/mol. The summed E-state index contributed by atoms with van der Waals surface area (Å²) < 4.78 is 26.7. The second-order valence-electron chi connectivity index (χ2n) is 6.18. The number of rotatable bonds is 7. The average Bonchev–Trinajstić information content (AvgIpc) is 2.53. The second-order valence-corrected chi connectivity index (χ2v) is 6.18. The van der Waals surface area contributed by atoms with Gasteiger partial charge in [-0.3, -0.25) is 0 Å². The predicted octanol–water partition coefficient (Wildman–Crippen LogP) is 4.42. The molecule has 2 nitrogen and oxygen atoms in total. The van der Waals surface area contributed by atoms with Gasteiger partial charge >= 0.3 is 0 Å². The third-order valence-electron chi connectivity index (χ3n) is 4.04. The van der Waals surface area contributed by atoms with Gasteiger partial charge in [-0.25, -0.2) is 8.78 Å². The van der Waals surface area contributed by atoms with Crippen molar-refractivity contribution in [2.45, 2.75) is 32.2 Å². The Kier molecular flexibility index (Phi) is 5.72. The lowest BCUT2D eigenvalue weighted by Gasteiger charge is -2.21. The molecular weight excluding hydrogens is 294 g/mol. The zero-order valence-electron chi connectivity index (χ0n) is 13.6. The van der Waals surface area contributed by atoms with Gasteiger partial charge in [-0.15, -0.1) is 0 Å². The summed E-state index contributed by atoms with van der Waals surface area (Å²) in [6.45, 7) is 3.62. The van der Waals surface area contributed by atoms with E-state index in [2.05, 4.69) is 24.4 Å². The van der Waals surface area contributed by atoms with Crippen LogP contribution in [0.2, 0.25) is 0 Å². The average molecular weight is 318 g/mol. The van der Waals surface area contributed by atoms with E-state index in [1.54, 1.807) is 12.1 Å². The third kappa shape index (κ3) is 5.32. The lowest BCUT2D eigenvalue weighted by molar-refractivity contribution is 0.0175. The minimum atomic E-state index is -2.83. The van der Waals surface area contributed by atoms with Crippen molar-refractivity contribution in [1.29, 1.82) is 0 Å². The van der Waals surface area contributed by atoms with Crippen molar-refractivity contribution in [3.05, 3.63) is 65.7 Å². The maximum Gasteiger partial charge on any atom is 0.270 e. The molecule has 0 saturated carbocycles. The number of anilines is 1. The van der Waals surface area contributed by atoms with Gasteiger partial charge in [-0.1, -0.05) is 49.4 Å². The summed E-state index contributed by atoms with van der Waals surface area (Å²) in [4.78, 5) is 0. The molecule has 2 unspecified atom stereocenters. The molecule has 0 aromatic heterocycles. The lowest BCUT2D eigenvalue weighted by Crippen LogP contribution is -2.34. The second kappa shape index (κ2) is 7.55. The molecule has 4 heteroatoms. The molecule has 2 rings (SSSR count). The van der Waals surface area contributed by atoms with Crippen LogP contribution in [0, 0.1) is 5.92 Å². The van der Waals surface area contributed by atoms with Gasteiger partial charge in [0.2, 0.25) is 0 Å². The van der Waals surface area contributed by atoms with Gasteiger partial charge in [0.15, 0.2) is 0 Å². The van der Waals surface area contributed by atoms with Crippen LogP contribution in [0.5, 0.6) is 0 Å². The smallest absolute Gasteiger partial charge is 0.270 e. The molecule has 0 saturated heterocycles. The maximum absolute atomic E-state index is 13.4. The number of halogens is 2. The molecule has 0 bridgehead atoms. The highest BCUT2D eigenvalue weighted by molar-refractivity contribution is 5.46. The molecule has 2 atom stereocenters. The minimum Gasteiger partial charge on any atom is -0.385 e. The van der Waals surface area contributed by atoms with Crippen LogP contribution < -0.4 is 11.1 Å². The van der Waals surface area contributed by atoms with Gasteiger partial charge in [0.1, 0.15) is 0 Å². The molecule has 3 N–H and O–H groups in total. The Hall–Kier alpha value is -1.94. The van der Waals surface area contributed by atoms with E-state index in [4.69, 9.17) is 5.73 Å². The fourth-order valence-corrected chi connectivity index (χ4v) is 2.42. The molecule has 23 heavy (non-hydrogen) atoms. The van der Waals surface area contributed by atoms with Crippen molar-refractivity contribution >= 4 is 5.69 Å².